The number of aliphatic carboxylic acids is 1. The van der Waals surface area contributed by atoms with Gasteiger partial charge in [-0.3, -0.25) is 9.79 Å². The molecule has 94 valence electrons. The van der Waals surface area contributed by atoms with Crippen LogP contribution < -0.4 is 10.5 Å². The Morgan fingerprint density at radius 3 is 2.81 bits per heavy atom. The Labute approximate surface area is 101 Å². The number of carboxylic acid groups (broad SMARTS) is 1. The topological polar surface area (TPSA) is 87.7 Å². The fourth-order valence-corrected chi connectivity index (χ4v) is 1.37. The van der Waals surface area contributed by atoms with E-state index in [1.807, 2.05) is 0 Å². The molecule has 0 rings (SSSR count). The molecular weight excluding hydrogens is 226 g/mol. The van der Waals surface area contributed by atoms with Gasteiger partial charge in [0.25, 0.3) is 0 Å². The molecule has 16 heavy (non-hydrogen) atoms. The number of nitrogens with one attached hydrogen (secondary N) is 1. The van der Waals surface area contributed by atoms with Crippen molar-refractivity contribution in [2.45, 2.75) is 44.4 Å². The zero-order valence-electron chi connectivity index (χ0n) is 9.85. The van der Waals surface area contributed by atoms with Crippen molar-refractivity contribution in [3.63, 3.8) is 0 Å². The van der Waals surface area contributed by atoms with Gasteiger partial charge in [-0.25, -0.2) is 0 Å². The number of rotatable bonds is 9. The minimum absolute atomic E-state index is 0.513. The van der Waals surface area contributed by atoms with Crippen LogP contribution in [0.5, 0.6) is 0 Å². The van der Waals surface area contributed by atoms with Crippen molar-refractivity contribution in [2.75, 3.05) is 6.54 Å². The first kappa shape index (κ1) is 15.2. The van der Waals surface area contributed by atoms with Gasteiger partial charge in [-0.05, 0) is 31.2 Å². The fourth-order valence-electron chi connectivity index (χ4n) is 0.959. The summed E-state index contributed by atoms with van der Waals surface area (Å²) in [5.74, 6) is -0.932. The van der Waals surface area contributed by atoms with Crippen LogP contribution in [0.1, 0.15) is 33.1 Å². The van der Waals surface area contributed by atoms with Crippen molar-refractivity contribution >= 4 is 24.3 Å². The Balaban J connectivity index is 3.30. The SMILES string of the molecule is CC(C)SNC=NCCCC[C@H](N)C(=O)O. The number of carbonyl (C=O) groups is 1. The van der Waals surface area contributed by atoms with Gasteiger partial charge < -0.3 is 15.6 Å². The van der Waals surface area contributed by atoms with Crippen molar-refractivity contribution in [1.29, 1.82) is 0 Å². The Hall–Kier alpha value is -0.750. The summed E-state index contributed by atoms with van der Waals surface area (Å²) in [6.07, 6.45) is 3.86. The molecule has 0 aromatic heterocycles. The van der Waals surface area contributed by atoms with E-state index in [1.165, 1.54) is 0 Å². The van der Waals surface area contributed by atoms with Crippen LogP contribution in [0.25, 0.3) is 0 Å². The standard InChI is InChI=1S/C10H21N3O2S/c1-8(2)16-13-7-12-6-4-3-5-9(11)10(14)15/h7-9H,3-6,11H2,1-2H3,(H,12,13)(H,14,15)/t9-/m0/s1. The fraction of sp³-hybridized carbons (Fsp3) is 0.800. The van der Waals surface area contributed by atoms with Gasteiger partial charge in [0.2, 0.25) is 0 Å². The molecule has 0 aromatic carbocycles. The summed E-state index contributed by atoms with van der Waals surface area (Å²) in [5, 5.41) is 9.07. The second-order valence-corrected chi connectivity index (χ2v) is 5.17. The number of nitrogens with zero attached hydrogens (tertiary/aromatic N) is 1. The Morgan fingerprint density at radius 2 is 2.25 bits per heavy atom. The molecular formula is C10H21N3O2S. The van der Waals surface area contributed by atoms with Crippen LogP contribution in [0, 0.1) is 0 Å². The van der Waals surface area contributed by atoms with Crippen LogP contribution >= 0.6 is 11.9 Å². The second-order valence-electron chi connectivity index (χ2n) is 3.76. The smallest absolute Gasteiger partial charge is 0.320 e. The summed E-state index contributed by atoms with van der Waals surface area (Å²) in [5.41, 5.74) is 5.36. The van der Waals surface area contributed by atoms with E-state index in [-0.39, 0.29) is 0 Å². The largest absolute Gasteiger partial charge is 0.480 e. The number of nitrogens with two attached hydrogens (primary N) is 1. The first-order valence-corrected chi connectivity index (χ1v) is 6.30. The van der Waals surface area contributed by atoms with Crippen molar-refractivity contribution in [1.82, 2.24) is 4.72 Å². The molecule has 0 saturated carbocycles. The highest BCUT2D eigenvalue weighted by Gasteiger charge is 2.09. The molecule has 0 aliphatic heterocycles. The Morgan fingerprint density at radius 1 is 1.56 bits per heavy atom. The zero-order valence-corrected chi connectivity index (χ0v) is 10.7. The van der Waals surface area contributed by atoms with E-state index < -0.39 is 12.0 Å². The van der Waals surface area contributed by atoms with Crippen molar-refractivity contribution < 1.29 is 9.90 Å². The highest BCUT2D eigenvalue weighted by molar-refractivity contribution is 7.98. The lowest BCUT2D eigenvalue weighted by Gasteiger charge is -2.04. The predicted molar refractivity (Wildman–Crippen MR) is 68.7 cm³/mol. The summed E-state index contributed by atoms with van der Waals surface area (Å²) in [7, 11) is 0. The highest BCUT2D eigenvalue weighted by atomic mass is 32.2. The van der Waals surface area contributed by atoms with Gasteiger partial charge in [-0.2, -0.15) is 0 Å². The van der Waals surface area contributed by atoms with E-state index in [0.717, 1.165) is 12.8 Å². The lowest BCUT2D eigenvalue weighted by Crippen LogP contribution is -2.29. The summed E-state index contributed by atoms with van der Waals surface area (Å²) in [6, 6.07) is -0.737. The molecule has 1 atom stereocenters. The van der Waals surface area contributed by atoms with Crippen LogP contribution in [0.3, 0.4) is 0 Å². The summed E-state index contributed by atoms with van der Waals surface area (Å²) in [4.78, 5) is 14.5. The molecule has 5 nitrogen and oxygen atoms in total. The number of carboxylic acids is 1. The lowest BCUT2D eigenvalue weighted by molar-refractivity contribution is -0.138. The van der Waals surface area contributed by atoms with E-state index >= 15 is 0 Å². The molecule has 4 N–H and O–H groups in total. The van der Waals surface area contributed by atoms with Crippen molar-refractivity contribution in [3.8, 4) is 0 Å². The van der Waals surface area contributed by atoms with Gasteiger partial charge in [0.15, 0.2) is 0 Å². The molecule has 0 spiro atoms. The molecule has 0 aliphatic rings. The van der Waals surface area contributed by atoms with Gasteiger partial charge in [0.05, 0.1) is 6.34 Å². The molecule has 0 radical (unpaired) electrons. The van der Waals surface area contributed by atoms with E-state index in [9.17, 15) is 4.79 Å². The summed E-state index contributed by atoms with van der Waals surface area (Å²) in [6.45, 7) is 4.90. The first-order valence-electron chi connectivity index (χ1n) is 5.42. The van der Waals surface area contributed by atoms with Gasteiger partial charge in [-0.15, -0.1) is 0 Å². The van der Waals surface area contributed by atoms with Crippen LogP contribution in [-0.4, -0.2) is 35.3 Å². The molecule has 0 amide bonds. The third kappa shape index (κ3) is 9.79. The Bertz CT molecular complexity index is 222. The van der Waals surface area contributed by atoms with E-state index in [2.05, 4.69) is 23.6 Å². The molecule has 0 unspecified atom stereocenters. The van der Waals surface area contributed by atoms with Gasteiger partial charge in [0, 0.05) is 11.8 Å². The monoisotopic (exact) mass is 247 g/mol. The molecule has 0 aliphatic carbocycles. The molecule has 0 aromatic rings. The molecule has 0 saturated heterocycles. The normalized spacial score (nSPS) is 13.2. The van der Waals surface area contributed by atoms with E-state index in [1.54, 1.807) is 18.3 Å². The van der Waals surface area contributed by atoms with Crippen molar-refractivity contribution in [2.24, 2.45) is 10.7 Å². The number of hydrogen-bond acceptors (Lipinski definition) is 4. The third-order valence-corrected chi connectivity index (χ3v) is 2.53. The van der Waals surface area contributed by atoms with Crippen LogP contribution in [0.4, 0.5) is 0 Å². The van der Waals surface area contributed by atoms with Crippen LogP contribution in [-0.2, 0) is 4.79 Å². The first-order chi connectivity index (χ1) is 7.54. The van der Waals surface area contributed by atoms with E-state index in [4.69, 9.17) is 10.8 Å². The number of aliphatic imine (C=N–C) groups is 1. The summed E-state index contributed by atoms with van der Waals surface area (Å²) >= 11 is 1.61. The lowest BCUT2D eigenvalue weighted by atomic mass is 10.1. The number of hydrogen-bond donors (Lipinski definition) is 3. The third-order valence-electron chi connectivity index (χ3n) is 1.82. The van der Waals surface area contributed by atoms with Gasteiger partial charge in [-0.1, -0.05) is 13.8 Å². The maximum absolute atomic E-state index is 10.4. The second kappa shape index (κ2) is 9.47. The van der Waals surface area contributed by atoms with Gasteiger partial charge in [0.1, 0.15) is 6.04 Å². The Kier molecular flexibility index (Phi) is 9.03. The molecule has 0 heterocycles. The zero-order chi connectivity index (χ0) is 12.4. The minimum atomic E-state index is -0.932. The van der Waals surface area contributed by atoms with E-state index in [0.29, 0.717) is 18.2 Å². The molecule has 6 heteroatoms. The van der Waals surface area contributed by atoms with Gasteiger partial charge >= 0.3 is 5.97 Å². The average molecular weight is 247 g/mol. The maximum Gasteiger partial charge on any atom is 0.320 e. The highest BCUT2D eigenvalue weighted by Crippen LogP contribution is 2.01. The quantitative estimate of drug-likeness (QED) is 0.247. The minimum Gasteiger partial charge on any atom is -0.480 e. The molecule has 0 bridgehead atoms. The van der Waals surface area contributed by atoms with Crippen LogP contribution in [0.15, 0.2) is 4.99 Å². The van der Waals surface area contributed by atoms with Crippen LogP contribution in [0.2, 0.25) is 0 Å². The number of unbranched alkanes of at least 4 members (excludes halogenated alkanes) is 1. The summed E-state index contributed by atoms with van der Waals surface area (Å²) < 4.78 is 3.01. The van der Waals surface area contributed by atoms with Crippen molar-refractivity contribution in [3.05, 3.63) is 0 Å². The maximum atomic E-state index is 10.4. The predicted octanol–water partition coefficient (Wildman–Crippen LogP) is 1.24. The average Bonchev–Trinajstić information content (AvgIpc) is 2.21. The molecule has 0 fully saturated rings.